The Morgan fingerprint density at radius 3 is 2.59 bits per heavy atom. The quantitative estimate of drug-likeness (QED) is 0.586. The average molecular weight is 453 g/mol. The lowest BCUT2D eigenvalue weighted by molar-refractivity contribution is -0.117. The number of nitrogens with one attached hydrogen (secondary N) is 2. The van der Waals surface area contributed by atoms with Crippen molar-refractivity contribution in [2.24, 2.45) is 0 Å². The van der Waals surface area contributed by atoms with E-state index in [9.17, 15) is 9.59 Å². The minimum atomic E-state index is -0.174. The van der Waals surface area contributed by atoms with Gasteiger partial charge in [-0.3, -0.25) is 14.5 Å². The SMILES string of the molecule is Cc1ccc(-c2csc(NC(=O)CN3CCC(NC(=O)c4occc4C)CC3)n2)cc1C. The van der Waals surface area contributed by atoms with Crippen LogP contribution in [0.3, 0.4) is 0 Å². The molecule has 0 atom stereocenters. The molecule has 0 radical (unpaired) electrons. The molecule has 1 saturated heterocycles. The number of hydrogen-bond acceptors (Lipinski definition) is 6. The van der Waals surface area contributed by atoms with E-state index in [4.69, 9.17) is 4.42 Å². The number of carbonyl (C=O) groups is 2. The maximum absolute atomic E-state index is 12.5. The standard InChI is InChI=1S/C24H28N4O3S/c1-15-4-5-18(12-17(15)3)20-14-32-24(26-20)27-21(29)13-28-9-6-19(7-10-28)25-23(30)22-16(2)8-11-31-22/h4-5,8,11-12,14,19H,6-7,9-10,13H2,1-3H3,(H,25,30)(H,26,27,29). The predicted octanol–water partition coefficient (Wildman–Crippen LogP) is 4.16. The second-order valence-electron chi connectivity index (χ2n) is 8.34. The van der Waals surface area contributed by atoms with E-state index in [-0.39, 0.29) is 17.9 Å². The monoisotopic (exact) mass is 452 g/mol. The molecule has 4 rings (SSSR count). The molecular weight excluding hydrogens is 424 g/mol. The van der Waals surface area contributed by atoms with Crippen LogP contribution in [0.1, 0.15) is 40.1 Å². The van der Waals surface area contributed by atoms with Crippen molar-refractivity contribution in [1.29, 1.82) is 0 Å². The molecule has 2 amide bonds. The molecule has 0 spiro atoms. The van der Waals surface area contributed by atoms with Crippen LogP contribution >= 0.6 is 11.3 Å². The zero-order valence-electron chi connectivity index (χ0n) is 18.6. The van der Waals surface area contributed by atoms with Crippen molar-refractivity contribution in [3.05, 3.63) is 58.4 Å². The molecule has 32 heavy (non-hydrogen) atoms. The number of carbonyl (C=O) groups excluding carboxylic acids is 2. The summed E-state index contributed by atoms with van der Waals surface area (Å²) in [6.07, 6.45) is 3.12. The lowest BCUT2D eigenvalue weighted by atomic mass is 10.0. The summed E-state index contributed by atoms with van der Waals surface area (Å²) in [5.74, 6) is 0.127. The second kappa shape index (κ2) is 9.67. The molecule has 1 aromatic carbocycles. The Bertz CT molecular complexity index is 1110. The Labute approximate surface area is 191 Å². The largest absolute Gasteiger partial charge is 0.459 e. The molecule has 0 aliphatic carbocycles. The van der Waals surface area contributed by atoms with Crippen molar-refractivity contribution in [3.63, 3.8) is 0 Å². The first-order valence-corrected chi connectivity index (χ1v) is 11.7. The maximum atomic E-state index is 12.5. The van der Waals surface area contributed by atoms with Gasteiger partial charge in [0.1, 0.15) is 0 Å². The highest BCUT2D eigenvalue weighted by molar-refractivity contribution is 7.14. The Morgan fingerprint density at radius 1 is 1.12 bits per heavy atom. The van der Waals surface area contributed by atoms with Crippen molar-refractivity contribution in [3.8, 4) is 11.3 Å². The average Bonchev–Trinajstić information content (AvgIpc) is 3.40. The molecule has 168 valence electrons. The normalized spacial score (nSPS) is 15.0. The number of hydrogen-bond donors (Lipinski definition) is 2. The van der Waals surface area contributed by atoms with Gasteiger partial charge in [0.15, 0.2) is 10.9 Å². The van der Waals surface area contributed by atoms with Gasteiger partial charge in [-0.25, -0.2) is 4.98 Å². The zero-order chi connectivity index (χ0) is 22.7. The fourth-order valence-corrected chi connectivity index (χ4v) is 4.55. The number of furan rings is 1. The highest BCUT2D eigenvalue weighted by Gasteiger charge is 2.24. The van der Waals surface area contributed by atoms with E-state index in [0.717, 1.165) is 42.8 Å². The van der Waals surface area contributed by atoms with Crippen molar-refractivity contribution in [1.82, 2.24) is 15.2 Å². The molecule has 7 nitrogen and oxygen atoms in total. The molecule has 1 aliphatic heterocycles. The summed E-state index contributed by atoms with van der Waals surface area (Å²) in [5.41, 5.74) is 5.23. The van der Waals surface area contributed by atoms with E-state index in [0.29, 0.717) is 17.4 Å². The summed E-state index contributed by atoms with van der Waals surface area (Å²) in [7, 11) is 0. The minimum absolute atomic E-state index is 0.0697. The van der Waals surface area contributed by atoms with Gasteiger partial charge >= 0.3 is 0 Å². The first-order valence-electron chi connectivity index (χ1n) is 10.8. The van der Waals surface area contributed by atoms with Crippen molar-refractivity contribution in [2.45, 2.75) is 39.7 Å². The van der Waals surface area contributed by atoms with Crippen LogP contribution < -0.4 is 10.6 Å². The van der Waals surface area contributed by atoms with Crippen LogP contribution in [0.4, 0.5) is 5.13 Å². The molecule has 2 N–H and O–H groups in total. The Hall–Kier alpha value is -2.97. The number of aryl methyl sites for hydroxylation is 3. The van der Waals surface area contributed by atoms with Crippen LogP contribution in [0.5, 0.6) is 0 Å². The summed E-state index contributed by atoms with van der Waals surface area (Å²) in [6.45, 7) is 7.84. The lowest BCUT2D eigenvalue weighted by Crippen LogP contribution is -2.46. The van der Waals surface area contributed by atoms with E-state index in [1.54, 1.807) is 6.07 Å². The van der Waals surface area contributed by atoms with Crippen LogP contribution in [-0.2, 0) is 4.79 Å². The first kappa shape index (κ1) is 22.2. The van der Waals surface area contributed by atoms with E-state index >= 15 is 0 Å². The first-order chi connectivity index (χ1) is 15.4. The highest BCUT2D eigenvalue weighted by Crippen LogP contribution is 2.26. The number of benzene rings is 1. The molecule has 0 saturated carbocycles. The number of aromatic nitrogens is 1. The molecule has 1 fully saturated rings. The molecule has 1 aliphatic rings. The number of nitrogens with zero attached hydrogens (tertiary/aromatic N) is 2. The molecular formula is C24H28N4O3S. The van der Waals surface area contributed by atoms with Gasteiger partial charge in [0.25, 0.3) is 5.91 Å². The molecule has 3 heterocycles. The van der Waals surface area contributed by atoms with Crippen LogP contribution in [-0.4, -0.2) is 47.4 Å². The third-order valence-corrected chi connectivity index (χ3v) is 6.67. The van der Waals surface area contributed by atoms with Gasteiger partial charge in [-0.1, -0.05) is 12.1 Å². The van der Waals surface area contributed by atoms with Gasteiger partial charge in [0.2, 0.25) is 5.91 Å². The van der Waals surface area contributed by atoms with Gasteiger partial charge in [-0.15, -0.1) is 11.3 Å². The van der Waals surface area contributed by atoms with Crippen LogP contribution in [0.25, 0.3) is 11.3 Å². The Kier molecular flexibility index (Phi) is 6.72. The van der Waals surface area contributed by atoms with Crippen LogP contribution in [0.15, 0.2) is 40.3 Å². The number of likely N-dealkylation sites (tertiary alicyclic amines) is 1. The van der Waals surface area contributed by atoms with Crippen molar-refractivity contribution in [2.75, 3.05) is 25.0 Å². The van der Waals surface area contributed by atoms with E-state index in [2.05, 4.69) is 52.6 Å². The number of amides is 2. The van der Waals surface area contributed by atoms with Gasteiger partial charge in [0, 0.05) is 35.6 Å². The molecule has 8 heteroatoms. The lowest BCUT2D eigenvalue weighted by Gasteiger charge is -2.31. The molecule has 0 bridgehead atoms. The van der Waals surface area contributed by atoms with Crippen molar-refractivity contribution < 1.29 is 14.0 Å². The molecule has 0 unspecified atom stereocenters. The number of piperidine rings is 1. The highest BCUT2D eigenvalue weighted by atomic mass is 32.1. The Balaban J connectivity index is 1.24. The topological polar surface area (TPSA) is 87.5 Å². The van der Waals surface area contributed by atoms with Gasteiger partial charge in [0.05, 0.1) is 18.5 Å². The summed E-state index contributed by atoms with van der Waals surface area (Å²) < 4.78 is 5.26. The van der Waals surface area contributed by atoms with Gasteiger partial charge < -0.3 is 15.1 Å². The third kappa shape index (κ3) is 5.26. The van der Waals surface area contributed by atoms with E-state index < -0.39 is 0 Å². The van der Waals surface area contributed by atoms with Gasteiger partial charge in [-0.2, -0.15) is 0 Å². The smallest absolute Gasteiger partial charge is 0.287 e. The third-order valence-electron chi connectivity index (χ3n) is 5.91. The van der Waals surface area contributed by atoms with E-state index in [1.165, 1.54) is 28.7 Å². The van der Waals surface area contributed by atoms with Crippen molar-refractivity contribution >= 4 is 28.3 Å². The fraction of sp³-hybridized carbons (Fsp3) is 0.375. The Morgan fingerprint density at radius 2 is 1.91 bits per heavy atom. The zero-order valence-corrected chi connectivity index (χ0v) is 19.4. The van der Waals surface area contributed by atoms with E-state index in [1.807, 2.05) is 12.3 Å². The number of rotatable bonds is 6. The predicted molar refractivity (Wildman–Crippen MR) is 126 cm³/mol. The minimum Gasteiger partial charge on any atom is -0.459 e. The summed E-state index contributed by atoms with van der Waals surface area (Å²) in [5, 5.41) is 8.53. The number of thiazole rings is 1. The maximum Gasteiger partial charge on any atom is 0.287 e. The summed E-state index contributed by atoms with van der Waals surface area (Å²) in [6, 6.07) is 8.13. The summed E-state index contributed by atoms with van der Waals surface area (Å²) in [4.78, 5) is 31.5. The fourth-order valence-electron chi connectivity index (χ4n) is 3.82. The van der Waals surface area contributed by atoms with Gasteiger partial charge in [-0.05, 0) is 56.9 Å². The summed E-state index contributed by atoms with van der Waals surface area (Å²) >= 11 is 1.43. The molecule has 3 aromatic rings. The van der Waals surface area contributed by atoms with Crippen LogP contribution in [0, 0.1) is 20.8 Å². The number of anilines is 1. The second-order valence-corrected chi connectivity index (χ2v) is 9.20. The molecule has 2 aromatic heterocycles. The van der Waals surface area contributed by atoms with Crippen LogP contribution in [0.2, 0.25) is 0 Å².